The van der Waals surface area contributed by atoms with Crippen LogP contribution < -0.4 is 5.32 Å². The Morgan fingerprint density at radius 3 is 2.62 bits per heavy atom. The van der Waals surface area contributed by atoms with Crippen molar-refractivity contribution in [3.8, 4) is 5.82 Å². The highest BCUT2D eigenvalue weighted by atomic mass is 19.4. The summed E-state index contributed by atoms with van der Waals surface area (Å²) in [7, 11) is 0. The minimum Gasteiger partial charge on any atom is -0.301 e. The van der Waals surface area contributed by atoms with Gasteiger partial charge in [0.15, 0.2) is 0 Å². The van der Waals surface area contributed by atoms with Crippen molar-refractivity contribution in [2.24, 2.45) is 0 Å². The molecule has 2 amide bonds. The Morgan fingerprint density at radius 2 is 1.96 bits per heavy atom. The summed E-state index contributed by atoms with van der Waals surface area (Å²) < 4.78 is 39.6. The summed E-state index contributed by atoms with van der Waals surface area (Å²) in [5.41, 5.74) is 0.683. The second-order valence-electron chi connectivity index (χ2n) is 5.37. The standard InChI is InChI=1S/C18H12F3N3O2/c19-18(20,21)14-3-5-16(22-10-14)24-8-7-13-9-12(1-4-15(13)24)2-6-17(26)23-11-25/h1-11H,(H,23,25,26). The minimum absolute atomic E-state index is 0.299. The van der Waals surface area contributed by atoms with E-state index in [0.717, 1.165) is 28.7 Å². The topological polar surface area (TPSA) is 64.0 Å². The Balaban J connectivity index is 1.90. The van der Waals surface area contributed by atoms with Crippen molar-refractivity contribution in [2.45, 2.75) is 6.18 Å². The van der Waals surface area contributed by atoms with Crippen molar-refractivity contribution in [1.82, 2.24) is 14.9 Å². The van der Waals surface area contributed by atoms with Gasteiger partial charge in [-0.2, -0.15) is 13.2 Å². The molecule has 132 valence electrons. The van der Waals surface area contributed by atoms with Crippen molar-refractivity contribution < 1.29 is 22.8 Å². The van der Waals surface area contributed by atoms with Gasteiger partial charge in [-0.25, -0.2) is 4.98 Å². The summed E-state index contributed by atoms with van der Waals surface area (Å²) in [5, 5.41) is 2.82. The molecule has 1 aromatic carbocycles. The lowest BCUT2D eigenvalue weighted by atomic mass is 10.1. The van der Waals surface area contributed by atoms with Crippen molar-refractivity contribution in [1.29, 1.82) is 0 Å². The predicted octanol–water partition coefficient (Wildman–Crippen LogP) is 3.33. The molecule has 0 atom stereocenters. The molecule has 0 bridgehead atoms. The molecule has 0 saturated heterocycles. The molecule has 0 aliphatic carbocycles. The lowest BCUT2D eigenvalue weighted by Crippen LogP contribution is -2.17. The number of hydrogen-bond donors (Lipinski definition) is 1. The molecular formula is C18H12F3N3O2. The Morgan fingerprint density at radius 1 is 1.15 bits per heavy atom. The fourth-order valence-electron chi connectivity index (χ4n) is 2.44. The normalized spacial score (nSPS) is 11.8. The molecular weight excluding hydrogens is 347 g/mol. The zero-order valence-corrected chi connectivity index (χ0v) is 13.2. The molecule has 2 heterocycles. The molecule has 0 fully saturated rings. The number of rotatable bonds is 4. The van der Waals surface area contributed by atoms with Crippen molar-refractivity contribution in [3.05, 3.63) is 66.0 Å². The molecule has 3 aromatic rings. The van der Waals surface area contributed by atoms with Crippen molar-refractivity contribution >= 4 is 29.3 Å². The molecule has 5 nitrogen and oxygen atoms in total. The van der Waals surface area contributed by atoms with E-state index in [-0.39, 0.29) is 0 Å². The molecule has 8 heteroatoms. The molecule has 0 aliphatic heterocycles. The van der Waals surface area contributed by atoms with E-state index in [1.165, 1.54) is 12.1 Å². The number of imide groups is 1. The zero-order valence-electron chi connectivity index (χ0n) is 13.2. The van der Waals surface area contributed by atoms with Gasteiger partial charge in [-0.15, -0.1) is 0 Å². The number of benzene rings is 1. The van der Waals surface area contributed by atoms with Crippen LogP contribution in [0.25, 0.3) is 22.8 Å². The van der Waals surface area contributed by atoms with Crippen molar-refractivity contribution in [2.75, 3.05) is 0 Å². The third-order valence-corrected chi connectivity index (χ3v) is 3.66. The maximum Gasteiger partial charge on any atom is 0.417 e. The zero-order chi connectivity index (χ0) is 18.7. The van der Waals surface area contributed by atoms with Gasteiger partial charge in [0.05, 0.1) is 11.1 Å². The predicted molar refractivity (Wildman–Crippen MR) is 89.3 cm³/mol. The highest BCUT2D eigenvalue weighted by Gasteiger charge is 2.30. The smallest absolute Gasteiger partial charge is 0.301 e. The van der Waals surface area contributed by atoms with Gasteiger partial charge in [-0.3, -0.25) is 14.9 Å². The van der Waals surface area contributed by atoms with Crippen LogP contribution in [0.2, 0.25) is 0 Å². The van der Waals surface area contributed by atoms with E-state index >= 15 is 0 Å². The number of nitrogens with zero attached hydrogens (tertiary/aromatic N) is 2. The maximum absolute atomic E-state index is 12.6. The molecule has 2 aromatic heterocycles. The Hall–Kier alpha value is -3.42. The number of pyridine rings is 1. The van der Waals surface area contributed by atoms with Crippen LogP contribution in [0.4, 0.5) is 13.2 Å². The number of alkyl halides is 3. The van der Waals surface area contributed by atoms with E-state index in [9.17, 15) is 22.8 Å². The number of hydrogen-bond acceptors (Lipinski definition) is 3. The Bertz CT molecular complexity index is 989. The molecule has 0 aliphatic rings. The molecule has 0 radical (unpaired) electrons. The summed E-state index contributed by atoms with van der Waals surface area (Å²) >= 11 is 0. The fraction of sp³-hybridized carbons (Fsp3) is 0.0556. The van der Waals surface area contributed by atoms with Crippen LogP contribution in [0.5, 0.6) is 0 Å². The third kappa shape index (κ3) is 3.64. The lowest BCUT2D eigenvalue weighted by molar-refractivity contribution is -0.137. The third-order valence-electron chi connectivity index (χ3n) is 3.66. The highest BCUT2D eigenvalue weighted by Crippen LogP contribution is 2.29. The number of nitrogens with one attached hydrogen (secondary N) is 1. The first-order valence-electron chi connectivity index (χ1n) is 7.45. The fourth-order valence-corrected chi connectivity index (χ4v) is 2.44. The minimum atomic E-state index is -4.43. The number of aromatic nitrogens is 2. The van der Waals surface area contributed by atoms with Gasteiger partial charge in [0.2, 0.25) is 12.3 Å². The van der Waals surface area contributed by atoms with Crippen LogP contribution in [-0.4, -0.2) is 21.9 Å². The monoisotopic (exact) mass is 359 g/mol. The average molecular weight is 359 g/mol. The van der Waals surface area contributed by atoms with E-state index in [1.54, 1.807) is 41.1 Å². The van der Waals surface area contributed by atoms with Gasteiger partial charge >= 0.3 is 6.18 Å². The van der Waals surface area contributed by atoms with Gasteiger partial charge in [0, 0.05) is 23.9 Å². The van der Waals surface area contributed by atoms with Gasteiger partial charge < -0.3 is 4.57 Å². The van der Waals surface area contributed by atoms with Crippen LogP contribution in [0.1, 0.15) is 11.1 Å². The van der Waals surface area contributed by atoms with Gasteiger partial charge in [0.25, 0.3) is 0 Å². The molecule has 0 saturated carbocycles. The quantitative estimate of drug-likeness (QED) is 0.574. The van der Waals surface area contributed by atoms with Crippen LogP contribution in [0.3, 0.4) is 0 Å². The lowest BCUT2D eigenvalue weighted by Gasteiger charge is -2.08. The molecule has 26 heavy (non-hydrogen) atoms. The van der Waals surface area contributed by atoms with Crippen LogP contribution in [0, 0.1) is 0 Å². The second-order valence-corrected chi connectivity index (χ2v) is 5.37. The summed E-state index contributed by atoms with van der Waals surface area (Å²) in [6, 6.07) is 9.40. The SMILES string of the molecule is O=CNC(=O)C=Cc1ccc2c(ccn2-c2ccc(C(F)(F)F)cn2)c1. The van der Waals surface area contributed by atoms with Gasteiger partial charge in [-0.05, 0) is 42.0 Å². The van der Waals surface area contributed by atoms with E-state index in [1.807, 2.05) is 5.32 Å². The van der Waals surface area contributed by atoms with E-state index < -0.39 is 17.6 Å². The summed E-state index contributed by atoms with van der Waals surface area (Å²) in [5.74, 6) is -0.173. The van der Waals surface area contributed by atoms with Crippen LogP contribution in [-0.2, 0) is 15.8 Å². The first kappa shape index (κ1) is 17.4. The van der Waals surface area contributed by atoms with Crippen molar-refractivity contribution in [3.63, 3.8) is 0 Å². The van der Waals surface area contributed by atoms with Gasteiger partial charge in [-0.1, -0.05) is 6.07 Å². The molecule has 0 spiro atoms. The molecule has 0 unspecified atom stereocenters. The first-order valence-corrected chi connectivity index (χ1v) is 7.45. The Labute approximate surface area is 145 Å². The van der Waals surface area contributed by atoms with Crippen LogP contribution >= 0.6 is 0 Å². The van der Waals surface area contributed by atoms with Crippen LogP contribution in [0.15, 0.2) is 54.9 Å². The number of carbonyl (C=O) groups is 2. The summed E-state index contributed by atoms with van der Waals surface area (Å²) in [6.45, 7) is 0. The largest absolute Gasteiger partial charge is 0.417 e. The number of amides is 2. The number of carbonyl (C=O) groups excluding carboxylic acids is 2. The number of halogens is 3. The van der Waals surface area contributed by atoms with E-state index in [0.29, 0.717) is 12.2 Å². The highest BCUT2D eigenvalue weighted by molar-refractivity contribution is 5.97. The second kappa shape index (κ2) is 6.83. The Kier molecular flexibility index (Phi) is 4.57. The maximum atomic E-state index is 12.6. The summed E-state index contributed by atoms with van der Waals surface area (Å²) in [4.78, 5) is 25.3. The molecule has 3 rings (SSSR count). The average Bonchev–Trinajstić information content (AvgIpc) is 3.03. The molecule has 1 N–H and O–H groups in total. The first-order chi connectivity index (χ1) is 12.4. The van der Waals surface area contributed by atoms with E-state index in [2.05, 4.69) is 4.98 Å². The van der Waals surface area contributed by atoms with Gasteiger partial charge in [0.1, 0.15) is 5.82 Å². The van der Waals surface area contributed by atoms with E-state index in [4.69, 9.17) is 0 Å². The number of fused-ring (bicyclic) bond motifs is 1. The summed E-state index contributed by atoms with van der Waals surface area (Å²) in [6.07, 6.45) is 1.14.